The summed E-state index contributed by atoms with van der Waals surface area (Å²) in [5.74, 6) is 5.70. The van der Waals surface area contributed by atoms with E-state index in [1.807, 2.05) is 47.8 Å². The quantitative estimate of drug-likeness (QED) is 0.374. The average Bonchev–Trinajstić information content (AvgIpc) is 3.38. The topological polar surface area (TPSA) is 52.9 Å². The Morgan fingerprint density at radius 1 is 1.00 bits per heavy atom. The predicted octanol–water partition coefficient (Wildman–Crippen LogP) is 5.06. The smallest absolute Gasteiger partial charge is 0.322 e. The lowest BCUT2D eigenvalue weighted by Crippen LogP contribution is -2.44. The number of likely N-dealkylation sites (N-methyl/N-ethyl adjacent to an activating group) is 1. The summed E-state index contributed by atoms with van der Waals surface area (Å²) in [5, 5.41) is 2.63. The van der Waals surface area contributed by atoms with E-state index in [-0.39, 0.29) is 17.8 Å². The number of nitrogens with one attached hydrogen (secondary N) is 1. The van der Waals surface area contributed by atoms with E-state index in [9.17, 15) is 18.0 Å². The Balaban J connectivity index is 1.34. The minimum absolute atomic E-state index is 0.0932. The van der Waals surface area contributed by atoms with Gasteiger partial charge in [-0.1, -0.05) is 24.0 Å². The van der Waals surface area contributed by atoms with Gasteiger partial charge in [-0.2, -0.15) is 13.2 Å². The van der Waals surface area contributed by atoms with Crippen molar-refractivity contribution in [1.82, 2.24) is 19.2 Å². The van der Waals surface area contributed by atoms with Crippen molar-refractivity contribution >= 4 is 17.2 Å². The number of carbonyl (C=O) groups excluding carboxylic acids is 1. The number of anilines is 1. The van der Waals surface area contributed by atoms with Crippen LogP contribution in [-0.4, -0.2) is 58.3 Å². The summed E-state index contributed by atoms with van der Waals surface area (Å²) in [7, 11) is 2.00. The van der Waals surface area contributed by atoms with Crippen LogP contribution >= 0.6 is 0 Å². The first kappa shape index (κ1) is 26.5. The molecule has 0 unspecified atom stereocenters. The summed E-state index contributed by atoms with van der Waals surface area (Å²) >= 11 is 0. The van der Waals surface area contributed by atoms with Crippen molar-refractivity contribution in [3.8, 4) is 11.8 Å². The Kier molecular flexibility index (Phi) is 7.42. The van der Waals surface area contributed by atoms with Crippen LogP contribution in [-0.2, 0) is 12.7 Å². The van der Waals surface area contributed by atoms with E-state index in [1.165, 1.54) is 12.1 Å². The number of rotatable bonds is 4. The number of aryl methyl sites for hydroxylation is 1. The number of hydrogen-bond acceptors (Lipinski definition) is 4. The molecule has 3 heterocycles. The van der Waals surface area contributed by atoms with E-state index >= 15 is 0 Å². The maximum Gasteiger partial charge on any atom is 0.416 e. The van der Waals surface area contributed by atoms with Crippen LogP contribution in [0.3, 0.4) is 0 Å². The van der Waals surface area contributed by atoms with Crippen LogP contribution in [0.5, 0.6) is 0 Å². The Morgan fingerprint density at radius 3 is 2.56 bits per heavy atom. The fourth-order valence-electron chi connectivity index (χ4n) is 4.53. The Bertz CT molecular complexity index is 1570. The fraction of sp³-hybridized carbons (Fsp3) is 0.267. The van der Waals surface area contributed by atoms with Gasteiger partial charge in [0.25, 0.3) is 5.91 Å². The van der Waals surface area contributed by atoms with Crippen molar-refractivity contribution < 1.29 is 18.0 Å². The number of benzene rings is 2. The first-order valence-corrected chi connectivity index (χ1v) is 12.6. The lowest BCUT2D eigenvalue weighted by Gasteiger charge is -2.33. The number of nitrogens with zero attached hydrogens (tertiary/aromatic N) is 4. The van der Waals surface area contributed by atoms with E-state index in [1.54, 1.807) is 24.4 Å². The van der Waals surface area contributed by atoms with E-state index in [0.29, 0.717) is 24.2 Å². The van der Waals surface area contributed by atoms with Gasteiger partial charge >= 0.3 is 6.18 Å². The molecule has 0 bridgehead atoms. The summed E-state index contributed by atoms with van der Waals surface area (Å²) in [6, 6.07) is 12.8. The van der Waals surface area contributed by atoms with Gasteiger partial charge in [-0.25, -0.2) is 4.98 Å². The Hall–Kier alpha value is -4.13. The highest BCUT2D eigenvalue weighted by Crippen LogP contribution is 2.34. The molecule has 2 aromatic carbocycles. The van der Waals surface area contributed by atoms with Crippen LogP contribution in [0.15, 0.2) is 67.1 Å². The normalized spacial score (nSPS) is 14.7. The highest BCUT2D eigenvalue weighted by atomic mass is 19.4. The third kappa shape index (κ3) is 6.30. The van der Waals surface area contributed by atoms with Gasteiger partial charge in [-0.15, -0.1) is 0 Å². The summed E-state index contributed by atoms with van der Waals surface area (Å²) < 4.78 is 43.7. The highest BCUT2D eigenvalue weighted by molar-refractivity contribution is 6.04. The van der Waals surface area contributed by atoms with E-state index in [0.717, 1.165) is 35.9 Å². The van der Waals surface area contributed by atoms with Gasteiger partial charge in [0.05, 0.1) is 5.56 Å². The van der Waals surface area contributed by atoms with Crippen molar-refractivity contribution in [3.63, 3.8) is 0 Å². The van der Waals surface area contributed by atoms with Gasteiger partial charge in [0.15, 0.2) is 0 Å². The third-order valence-corrected chi connectivity index (χ3v) is 6.90. The first-order valence-electron chi connectivity index (χ1n) is 12.6. The second-order valence-corrected chi connectivity index (χ2v) is 9.79. The number of hydrogen-bond donors (Lipinski definition) is 1. The first-order chi connectivity index (χ1) is 18.7. The number of halogens is 3. The molecule has 1 aliphatic rings. The molecule has 5 rings (SSSR count). The standard InChI is InChI=1S/C30H28F3N5O/c1-21-3-5-24(18-23(21)6-4-22-9-11-38-12-10-34-28(38)17-22)29(39)35-26-8-7-25(27(19-26)30(31,32)33)20-37-15-13-36(2)14-16-37/h3,5,7-12,17-19H,13-16,20H2,1-2H3,(H,35,39). The second kappa shape index (κ2) is 10.9. The van der Waals surface area contributed by atoms with Gasteiger partial charge < -0.3 is 14.6 Å². The minimum atomic E-state index is -4.53. The molecule has 0 saturated carbocycles. The zero-order valence-electron chi connectivity index (χ0n) is 21.7. The molecule has 1 fully saturated rings. The van der Waals surface area contributed by atoms with Crippen LogP contribution in [0.25, 0.3) is 5.65 Å². The number of fused-ring (bicyclic) bond motifs is 1. The van der Waals surface area contributed by atoms with Gasteiger partial charge in [0.2, 0.25) is 0 Å². The number of amides is 1. The second-order valence-electron chi connectivity index (χ2n) is 9.79. The predicted molar refractivity (Wildman–Crippen MR) is 145 cm³/mol. The molecule has 1 aliphatic heterocycles. The van der Waals surface area contributed by atoms with Crippen LogP contribution in [0.4, 0.5) is 18.9 Å². The maximum atomic E-state index is 13.9. The third-order valence-electron chi connectivity index (χ3n) is 6.90. The Labute approximate surface area is 225 Å². The zero-order chi connectivity index (χ0) is 27.6. The monoisotopic (exact) mass is 531 g/mol. The van der Waals surface area contributed by atoms with Crippen molar-refractivity contribution in [3.05, 3.63) is 101 Å². The molecule has 9 heteroatoms. The number of alkyl halides is 3. The number of imidazole rings is 1. The minimum Gasteiger partial charge on any atom is -0.322 e. The molecule has 0 radical (unpaired) electrons. The largest absolute Gasteiger partial charge is 0.416 e. The fourth-order valence-corrected chi connectivity index (χ4v) is 4.53. The molecule has 6 nitrogen and oxygen atoms in total. The van der Waals surface area contributed by atoms with Crippen molar-refractivity contribution in [2.75, 3.05) is 38.5 Å². The lowest BCUT2D eigenvalue weighted by molar-refractivity contribution is -0.138. The molecule has 2 aromatic heterocycles. The Morgan fingerprint density at radius 2 is 1.79 bits per heavy atom. The molecular weight excluding hydrogens is 503 g/mol. The molecule has 39 heavy (non-hydrogen) atoms. The van der Waals surface area contributed by atoms with Gasteiger partial charge in [0.1, 0.15) is 5.65 Å². The van der Waals surface area contributed by atoms with Crippen LogP contribution in [0.1, 0.15) is 38.2 Å². The molecule has 0 aliphatic carbocycles. The number of pyridine rings is 1. The molecule has 1 amide bonds. The van der Waals surface area contributed by atoms with E-state index < -0.39 is 17.6 Å². The summed E-state index contributed by atoms with van der Waals surface area (Å²) in [5.41, 5.74) is 2.96. The summed E-state index contributed by atoms with van der Waals surface area (Å²) in [6.07, 6.45) is 0.887. The van der Waals surface area contributed by atoms with E-state index in [4.69, 9.17) is 0 Å². The molecule has 0 atom stereocenters. The molecule has 1 saturated heterocycles. The highest BCUT2D eigenvalue weighted by Gasteiger charge is 2.34. The zero-order valence-corrected chi connectivity index (χ0v) is 21.7. The number of aromatic nitrogens is 2. The summed E-state index contributed by atoms with van der Waals surface area (Å²) in [4.78, 5) is 21.4. The molecule has 1 N–H and O–H groups in total. The van der Waals surface area contributed by atoms with Gasteiger partial charge in [-0.05, 0) is 61.5 Å². The number of piperazine rings is 1. The molecular formula is C30H28F3N5O. The van der Waals surface area contributed by atoms with E-state index in [2.05, 4.69) is 27.0 Å². The molecule has 200 valence electrons. The van der Waals surface area contributed by atoms with Crippen molar-refractivity contribution in [2.24, 2.45) is 0 Å². The van der Waals surface area contributed by atoms with Crippen LogP contribution in [0, 0.1) is 18.8 Å². The van der Waals surface area contributed by atoms with Crippen molar-refractivity contribution in [2.45, 2.75) is 19.6 Å². The van der Waals surface area contributed by atoms with Gasteiger partial charge in [-0.3, -0.25) is 9.69 Å². The lowest BCUT2D eigenvalue weighted by atomic mass is 10.0. The van der Waals surface area contributed by atoms with Crippen LogP contribution < -0.4 is 5.32 Å². The maximum absolute atomic E-state index is 13.9. The van der Waals surface area contributed by atoms with Crippen LogP contribution in [0.2, 0.25) is 0 Å². The molecule has 4 aromatic rings. The summed E-state index contributed by atoms with van der Waals surface area (Å²) in [6.45, 7) is 5.16. The average molecular weight is 532 g/mol. The molecule has 0 spiro atoms. The number of carbonyl (C=O) groups is 1. The SMILES string of the molecule is Cc1ccc(C(=O)Nc2ccc(CN3CCN(C)CC3)c(C(F)(F)F)c2)cc1C#Cc1ccn2ccnc2c1. The van der Waals surface area contributed by atoms with Crippen molar-refractivity contribution in [1.29, 1.82) is 0 Å². The van der Waals surface area contributed by atoms with Gasteiger partial charge in [0, 0.05) is 73.7 Å².